The minimum atomic E-state index is -0.275. The van der Waals surface area contributed by atoms with Gasteiger partial charge in [0.05, 0.1) is 11.3 Å². The maximum atomic E-state index is 12.0. The molecule has 0 aliphatic carbocycles. The smallest absolute Gasteiger partial charge is 0.348 e. The van der Waals surface area contributed by atoms with Gasteiger partial charge in [0.25, 0.3) is 0 Å². The molecule has 1 N–H and O–H groups in total. The van der Waals surface area contributed by atoms with Crippen molar-refractivity contribution in [3.05, 3.63) is 59.0 Å². The zero-order chi connectivity index (χ0) is 12.8. The van der Waals surface area contributed by atoms with Gasteiger partial charge in [-0.3, -0.25) is 0 Å². The average Bonchev–Trinajstić information content (AvgIpc) is 2.75. The van der Waals surface area contributed by atoms with Gasteiger partial charge in [0, 0.05) is 0 Å². The molecule has 2 heterocycles. The van der Waals surface area contributed by atoms with Crippen molar-refractivity contribution < 1.29 is 4.74 Å². The Morgan fingerprint density at radius 3 is 2.63 bits per heavy atom. The summed E-state index contributed by atoms with van der Waals surface area (Å²) in [4.78, 5) is 12.0. The van der Waals surface area contributed by atoms with Crippen LogP contribution in [0.2, 0.25) is 0 Å². The van der Waals surface area contributed by atoms with Crippen LogP contribution in [-0.2, 0) is 0 Å². The molecule has 1 aliphatic heterocycles. The summed E-state index contributed by atoms with van der Waals surface area (Å²) in [7, 11) is 0. The molecule has 0 saturated carbocycles. The lowest BCUT2D eigenvalue weighted by Crippen LogP contribution is -2.15. The van der Waals surface area contributed by atoms with Gasteiger partial charge in [-0.1, -0.05) is 24.3 Å². The van der Waals surface area contributed by atoms with Crippen LogP contribution >= 0.6 is 0 Å². The summed E-state index contributed by atoms with van der Waals surface area (Å²) < 4.78 is 7.41. The first-order chi connectivity index (χ1) is 9.34. The molecule has 0 bridgehead atoms. The second kappa shape index (κ2) is 3.58. The minimum absolute atomic E-state index is 0.275. The standard InChI is InChI=1S/C14H9N3O2/c18-14-16-15-13-9-5-1-3-7-11(9)19-12-8-4-2-6-10(12)17(13)14/h1-8H,(H,16,18). The van der Waals surface area contributed by atoms with Crippen molar-refractivity contribution in [2.75, 3.05) is 0 Å². The molecule has 19 heavy (non-hydrogen) atoms. The summed E-state index contributed by atoms with van der Waals surface area (Å²) in [6.07, 6.45) is 0. The van der Waals surface area contributed by atoms with Crippen LogP contribution in [0.5, 0.6) is 11.5 Å². The summed E-state index contributed by atoms with van der Waals surface area (Å²) in [6.45, 7) is 0. The van der Waals surface area contributed by atoms with Crippen LogP contribution in [0.1, 0.15) is 0 Å². The predicted octanol–water partition coefficient (Wildman–Crippen LogP) is 2.33. The molecule has 0 saturated heterocycles. The van der Waals surface area contributed by atoms with Gasteiger partial charge in [-0.05, 0) is 24.3 Å². The number of rotatable bonds is 0. The third-order valence-electron chi connectivity index (χ3n) is 3.13. The Hall–Kier alpha value is -2.82. The Kier molecular flexibility index (Phi) is 1.91. The second-order valence-corrected chi connectivity index (χ2v) is 4.25. The molecule has 5 nitrogen and oxygen atoms in total. The quantitative estimate of drug-likeness (QED) is 0.521. The van der Waals surface area contributed by atoms with Gasteiger partial charge in [-0.2, -0.15) is 5.10 Å². The molecular formula is C14H9N3O2. The number of para-hydroxylation sites is 3. The predicted molar refractivity (Wildman–Crippen MR) is 69.7 cm³/mol. The van der Waals surface area contributed by atoms with Crippen LogP contribution in [0.3, 0.4) is 0 Å². The highest BCUT2D eigenvalue weighted by Gasteiger charge is 2.22. The molecule has 0 unspecified atom stereocenters. The SMILES string of the molecule is O=c1[nH]nc2n1-c1ccccc1Oc1ccccc1-2. The number of nitrogens with zero attached hydrogens (tertiary/aromatic N) is 2. The second-order valence-electron chi connectivity index (χ2n) is 4.25. The van der Waals surface area contributed by atoms with Crippen LogP contribution in [0.15, 0.2) is 53.3 Å². The monoisotopic (exact) mass is 251 g/mol. The first kappa shape index (κ1) is 10.1. The lowest BCUT2D eigenvalue weighted by molar-refractivity contribution is 0.485. The molecule has 2 aromatic carbocycles. The highest BCUT2D eigenvalue weighted by Crippen LogP contribution is 2.38. The summed E-state index contributed by atoms with van der Waals surface area (Å²) >= 11 is 0. The van der Waals surface area contributed by atoms with Gasteiger partial charge in [0.1, 0.15) is 5.75 Å². The van der Waals surface area contributed by atoms with Crippen molar-refractivity contribution in [3.8, 4) is 28.6 Å². The van der Waals surface area contributed by atoms with Gasteiger partial charge in [-0.15, -0.1) is 0 Å². The van der Waals surface area contributed by atoms with Crippen molar-refractivity contribution >= 4 is 0 Å². The summed E-state index contributed by atoms with van der Waals surface area (Å²) in [5, 5.41) is 6.59. The molecule has 92 valence electrons. The Bertz CT molecular complexity index is 832. The number of aromatic nitrogens is 3. The van der Waals surface area contributed by atoms with E-state index in [9.17, 15) is 4.79 Å². The molecule has 0 radical (unpaired) electrons. The van der Waals surface area contributed by atoms with E-state index in [2.05, 4.69) is 10.2 Å². The molecule has 0 spiro atoms. The summed E-state index contributed by atoms with van der Waals surface area (Å²) in [6, 6.07) is 14.9. The average molecular weight is 251 g/mol. The van der Waals surface area contributed by atoms with E-state index in [1.165, 1.54) is 4.57 Å². The molecular weight excluding hydrogens is 242 g/mol. The van der Waals surface area contributed by atoms with Crippen molar-refractivity contribution in [2.24, 2.45) is 0 Å². The molecule has 1 aliphatic rings. The topological polar surface area (TPSA) is 59.9 Å². The fourth-order valence-electron chi connectivity index (χ4n) is 2.29. The minimum Gasteiger partial charge on any atom is -0.454 e. The Morgan fingerprint density at radius 1 is 1.00 bits per heavy atom. The van der Waals surface area contributed by atoms with Crippen LogP contribution in [0.4, 0.5) is 0 Å². The highest BCUT2D eigenvalue weighted by atomic mass is 16.5. The number of ether oxygens (including phenoxy) is 1. The van der Waals surface area contributed by atoms with E-state index in [0.29, 0.717) is 23.0 Å². The molecule has 4 rings (SSSR count). The van der Waals surface area contributed by atoms with Gasteiger partial charge in [0.2, 0.25) is 0 Å². The summed E-state index contributed by atoms with van der Waals surface area (Å²) in [5.41, 5.74) is 1.20. The molecule has 1 aromatic heterocycles. The molecule has 3 aromatic rings. The first-order valence-corrected chi connectivity index (χ1v) is 5.89. The molecule has 0 atom stereocenters. The van der Waals surface area contributed by atoms with Crippen LogP contribution in [0, 0.1) is 0 Å². The Morgan fingerprint density at radius 2 is 1.74 bits per heavy atom. The van der Waals surface area contributed by atoms with Gasteiger partial charge in [-0.25, -0.2) is 14.5 Å². The van der Waals surface area contributed by atoms with Crippen molar-refractivity contribution in [1.82, 2.24) is 14.8 Å². The van der Waals surface area contributed by atoms with Crippen molar-refractivity contribution in [2.45, 2.75) is 0 Å². The van der Waals surface area contributed by atoms with Gasteiger partial charge < -0.3 is 4.74 Å². The van der Waals surface area contributed by atoms with Gasteiger partial charge >= 0.3 is 5.69 Å². The summed E-state index contributed by atoms with van der Waals surface area (Å²) in [5.74, 6) is 1.88. The van der Waals surface area contributed by atoms with E-state index in [-0.39, 0.29) is 5.69 Å². The number of aromatic amines is 1. The van der Waals surface area contributed by atoms with E-state index in [0.717, 1.165) is 5.56 Å². The Labute approximate surface area is 108 Å². The third kappa shape index (κ3) is 1.35. The zero-order valence-corrected chi connectivity index (χ0v) is 9.83. The first-order valence-electron chi connectivity index (χ1n) is 5.89. The fourth-order valence-corrected chi connectivity index (χ4v) is 2.29. The van der Waals surface area contributed by atoms with E-state index in [1.807, 2.05) is 48.5 Å². The molecule has 0 amide bonds. The van der Waals surface area contributed by atoms with E-state index < -0.39 is 0 Å². The zero-order valence-electron chi connectivity index (χ0n) is 9.83. The third-order valence-corrected chi connectivity index (χ3v) is 3.13. The van der Waals surface area contributed by atoms with Crippen molar-refractivity contribution in [3.63, 3.8) is 0 Å². The maximum Gasteiger partial charge on any atom is 0.348 e. The number of hydrogen-bond donors (Lipinski definition) is 1. The van der Waals surface area contributed by atoms with Crippen molar-refractivity contribution in [1.29, 1.82) is 0 Å². The number of benzene rings is 2. The number of H-pyrrole nitrogens is 1. The largest absolute Gasteiger partial charge is 0.454 e. The van der Waals surface area contributed by atoms with Crippen LogP contribution < -0.4 is 10.4 Å². The lowest BCUT2D eigenvalue weighted by atomic mass is 10.2. The Balaban J connectivity index is 2.17. The number of hydrogen-bond acceptors (Lipinski definition) is 3. The number of nitrogens with one attached hydrogen (secondary N) is 1. The van der Waals surface area contributed by atoms with Crippen LogP contribution in [0.25, 0.3) is 17.1 Å². The van der Waals surface area contributed by atoms with E-state index in [1.54, 1.807) is 0 Å². The molecule has 0 fully saturated rings. The highest BCUT2D eigenvalue weighted by molar-refractivity contribution is 5.70. The van der Waals surface area contributed by atoms with E-state index in [4.69, 9.17) is 4.74 Å². The maximum absolute atomic E-state index is 12.0. The lowest BCUT2D eigenvalue weighted by Gasteiger charge is -2.07. The fraction of sp³-hybridized carbons (Fsp3) is 0. The van der Waals surface area contributed by atoms with Gasteiger partial charge in [0.15, 0.2) is 11.6 Å². The van der Waals surface area contributed by atoms with E-state index >= 15 is 0 Å². The molecule has 5 heteroatoms. The normalized spacial score (nSPS) is 11.8. The van der Waals surface area contributed by atoms with Crippen LogP contribution in [-0.4, -0.2) is 14.8 Å². The number of fused-ring (bicyclic) bond motifs is 5.